The lowest BCUT2D eigenvalue weighted by molar-refractivity contribution is -0.119. The molecule has 25 heavy (non-hydrogen) atoms. The highest BCUT2D eigenvalue weighted by molar-refractivity contribution is 5.85. The van der Waals surface area contributed by atoms with Gasteiger partial charge >= 0.3 is 0 Å². The highest BCUT2D eigenvalue weighted by Crippen LogP contribution is 2.39. The van der Waals surface area contributed by atoms with Crippen LogP contribution in [0.15, 0.2) is 42.5 Å². The van der Waals surface area contributed by atoms with Gasteiger partial charge in [-0.3, -0.25) is 4.79 Å². The normalized spacial score (nSPS) is 21.6. The monoisotopic (exact) mass is 338 g/mol. The van der Waals surface area contributed by atoms with Gasteiger partial charge in [-0.2, -0.15) is 0 Å². The number of ether oxygens (including phenoxy) is 2. The van der Waals surface area contributed by atoms with E-state index in [1.807, 2.05) is 30.3 Å². The summed E-state index contributed by atoms with van der Waals surface area (Å²) in [5.74, 6) is 1.13. The van der Waals surface area contributed by atoms with Gasteiger partial charge in [0.25, 0.3) is 0 Å². The van der Waals surface area contributed by atoms with Crippen molar-refractivity contribution in [1.29, 1.82) is 0 Å². The highest BCUT2D eigenvalue weighted by Gasteiger charge is 2.33. The van der Waals surface area contributed by atoms with E-state index in [1.54, 1.807) is 0 Å². The zero-order chi connectivity index (χ0) is 17.4. The second-order valence-corrected chi connectivity index (χ2v) is 6.70. The Bertz CT molecular complexity index is 805. The summed E-state index contributed by atoms with van der Waals surface area (Å²) in [6, 6.07) is 14.4. The second kappa shape index (κ2) is 6.31. The summed E-state index contributed by atoms with van der Waals surface area (Å²) in [6.45, 7) is 4.07. The minimum absolute atomic E-state index is 0.220. The first kappa shape index (κ1) is 15.8. The van der Waals surface area contributed by atoms with E-state index in [0.29, 0.717) is 13.2 Å². The molecule has 2 atom stereocenters. The Morgan fingerprint density at radius 1 is 1.16 bits per heavy atom. The zero-order valence-electron chi connectivity index (χ0n) is 14.3. The minimum Gasteiger partial charge on any atom is -0.486 e. The summed E-state index contributed by atoms with van der Waals surface area (Å²) in [7, 11) is 0. The van der Waals surface area contributed by atoms with Crippen molar-refractivity contribution in [1.82, 2.24) is 0 Å². The molecule has 5 heteroatoms. The molecule has 5 nitrogen and oxygen atoms in total. The standard InChI is InChI=1S/C20H22N2O3/c1-13-10-16(20(21)23)15-4-2-3-5-17(15)22(13)12-14-6-7-18-19(11-14)25-9-8-24-18/h2-7,11,13,16H,8-10,12H2,1H3,(H2,21,23)/t13-,16-/m1/s1. The van der Waals surface area contributed by atoms with E-state index in [2.05, 4.69) is 24.0 Å². The molecule has 0 radical (unpaired) electrons. The molecule has 2 aromatic carbocycles. The quantitative estimate of drug-likeness (QED) is 0.935. The van der Waals surface area contributed by atoms with Crippen LogP contribution in [0.2, 0.25) is 0 Å². The van der Waals surface area contributed by atoms with E-state index in [0.717, 1.165) is 41.3 Å². The van der Waals surface area contributed by atoms with E-state index in [1.165, 1.54) is 0 Å². The van der Waals surface area contributed by atoms with Crippen molar-refractivity contribution >= 4 is 11.6 Å². The Hall–Kier alpha value is -2.69. The highest BCUT2D eigenvalue weighted by atomic mass is 16.6. The maximum absolute atomic E-state index is 11.9. The van der Waals surface area contributed by atoms with Gasteiger partial charge in [0.05, 0.1) is 5.92 Å². The summed E-state index contributed by atoms with van der Waals surface area (Å²) in [4.78, 5) is 14.2. The van der Waals surface area contributed by atoms with Gasteiger partial charge in [0.15, 0.2) is 11.5 Å². The Labute approximate surface area is 147 Å². The van der Waals surface area contributed by atoms with Crippen LogP contribution in [-0.4, -0.2) is 25.2 Å². The molecule has 0 bridgehead atoms. The van der Waals surface area contributed by atoms with Crippen LogP contribution in [0, 0.1) is 0 Å². The molecular formula is C20H22N2O3. The number of nitrogens with zero attached hydrogens (tertiary/aromatic N) is 1. The predicted octanol–water partition coefficient (Wildman–Crippen LogP) is 2.83. The number of amides is 1. The topological polar surface area (TPSA) is 64.8 Å². The fourth-order valence-electron chi connectivity index (χ4n) is 3.77. The lowest BCUT2D eigenvalue weighted by atomic mass is 9.85. The summed E-state index contributed by atoms with van der Waals surface area (Å²) < 4.78 is 11.3. The number of benzene rings is 2. The third-order valence-corrected chi connectivity index (χ3v) is 5.03. The molecule has 2 aliphatic rings. The molecule has 2 aromatic rings. The Kier molecular flexibility index (Phi) is 3.99. The molecule has 0 spiro atoms. The van der Waals surface area contributed by atoms with Crippen LogP contribution < -0.4 is 20.1 Å². The zero-order valence-corrected chi connectivity index (χ0v) is 14.3. The van der Waals surface area contributed by atoms with E-state index in [-0.39, 0.29) is 17.9 Å². The molecule has 4 rings (SSSR count). The smallest absolute Gasteiger partial charge is 0.225 e. The fraction of sp³-hybridized carbons (Fsp3) is 0.350. The third-order valence-electron chi connectivity index (χ3n) is 5.03. The molecule has 0 aliphatic carbocycles. The van der Waals surface area contributed by atoms with Gasteiger partial charge in [0.1, 0.15) is 13.2 Å². The predicted molar refractivity (Wildman–Crippen MR) is 96.1 cm³/mol. The van der Waals surface area contributed by atoms with Crippen molar-refractivity contribution < 1.29 is 14.3 Å². The number of carbonyl (C=O) groups excluding carboxylic acids is 1. The SMILES string of the molecule is C[C@@H]1C[C@@H](C(N)=O)c2ccccc2N1Cc1ccc2c(c1)OCCO2. The molecule has 2 N–H and O–H groups in total. The molecule has 0 saturated heterocycles. The number of rotatable bonds is 3. The number of fused-ring (bicyclic) bond motifs is 2. The van der Waals surface area contributed by atoms with Gasteiger partial charge in [0.2, 0.25) is 5.91 Å². The van der Waals surface area contributed by atoms with Crippen molar-refractivity contribution in [3.63, 3.8) is 0 Å². The van der Waals surface area contributed by atoms with Gasteiger partial charge in [0, 0.05) is 18.3 Å². The maximum atomic E-state index is 11.9. The molecule has 1 amide bonds. The van der Waals surface area contributed by atoms with Gasteiger partial charge < -0.3 is 20.1 Å². The van der Waals surface area contributed by atoms with Gasteiger partial charge in [-0.1, -0.05) is 24.3 Å². The summed E-state index contributed by atoms with van der Waals surface area (Å²) >= 11 is 0. The first-order valence-electron chi connectivity index (χ1n) is 8.67. The third kappa shape index (κ3) is 2.90. The number of hydrogen-bond acceptors (Lipinski definition) is 4. The van der Waals surface area contributed by atoms with Crippen LogP contribution >= 0.6 is 0 Å². The number of nitrogens with two attached hydrogens (primary N) is 1. The first-order valence-corrected chi connectivity index (χ1v) is 8.67. The fourth-order valence-corrected chi connectivity index (χ4v) is 3.77. The molecule has 2 aliphatic heterocycles. The first-order chi connectivity index (χ1) is 12.1. The van der Waals surface area contributed by atoms with Gasteiger partial charge in [-0.05, 0) is 42.7 Å². The average Bonchev–Trinajstić information content (AvgIpc) is 2.63. The number of anilines is 1. The summed E-state index contributed by atoms with van der Waals surface area (Å²) in [5, 5.41) is 0. The largest absolute Gasteiger partial charge is 0.486 e. The Morgan fingerprint density at radius 3 is 2.72 bits per heavy atom. The lowest BCUT2D eigenvalue weighted by Crippen LogP contribution is -2.41. The number of para-hydroxylation sites is 1. The summed E-state index contributed by atoms with van der Waals surface area (Å²) in [5.41, 5.74) is 8.89. The molecule has 0 saturated carbocycles. The summed E-state index contributed by atoms with van der Waals surface area (Å²) in [6.07, 6.45) is 0.733. The Morgan fingerprint density at radius 2 is 1.92 bits per heavy atom. The van der Waals surface area contributed by atoms with Crippen molar-refractivity contribution in [2.24, 2.45) is 5.73 Å². The van der Waals surface area contributed by atoms with Gasteiger partial charge in [-0.25, -0.2) is 0 Å². The molecule has 0 aromatic heterocycles. The number of carbonyl (C=O) groups is 1. The number of hydrogen-bond donors (Lipinski definition) is 1. The minimum atomic E-state index is -0.252. The van der Waals surface area contributed by atoms with Crippen LogP contribution in [0.4, 0.5) is 5.69 Å². The molecule has 0 fully saturated rings. The molecule has 0 unspecified atom stereocenters. The maximum Gasteiger partial charge on any atom is 0.225 e. The van der Waals surface area contributed by atoms with E-state index in [4.69, 9.17) is 15.2 Å². The van der Waals surface area contributed by atoms with Crippen LogP contribution in [0.3, 0.4) is 0 Å². The Balaban J connectivity index is 1.66. The van der Waals surface area contributed by atoms with E-state index < -0.39 is 0 Å². The van der Waals surface area contributed by atoms with Crippen molar-refractivity contribution in [3.05, 3.63) is 53.6 Å². The van der Waals surface area contributed by atoms with Crippen LogP contribution in [0.25, 0.3) is 0 Å². The van der Waals surface area contributed by atoms with Crippen molar-refractivity contribution in [3.8, 4) is 11.5 Å². The second-order valence-electron chi connectivity index (χ2n) is 6.70. The molecular weight excluding hydrogens is 316 g/mol. The van der Waals surface area contributed by atoms with E-state index in [9.17, 15) is 4.79 Å². The molecule has 130 valence electrons. The van der Waals surface area contributed by atoms with Gasteiger partial charge in [-0.15, -0.1) is 0 Å². The van der Waals surface area contributed by atoms with Crippen LogP contribution in [0.1, 0.15) is 30.4 Å². The van der Waals surface area contributed by atoms with Crippen molar-refractivity contribution in [2.45, 2.75) is 31.8 Å². The van der Waals surface area contributed by atoms with Crippen LogP contribution in [-0.2, 0) is 11.3 Å². The lowest BCUT2D eigenvalue weighted by Gasteiger charge is -2.40. The average molecular weight is 338 g/mol. The number of primary amides is 1. The van der Waals surface area contributed by atoms with E-state index >= 15 is 0 Å². The van der Waals surface area contributed by atoms with Crippen molar-refractivity contribution in [2.75, 3.05) is 18.1 Å². The molecule has 2 heterocycles. The van der Waals surface area contributed by atoms with Crippen LogP contribution in [0.5, 0.6) is 11.5 Å².